The van der Waals surface area contributed by atoms with E-state index >= 15 is 0 Å². The van der Waals surface area contributed by atoms with Crippen LogP contribution < -0.4 is 4.90 Å². The van der Waals surface area contributed by atoms with Gasteiger partial charge in [0.1, 0.15) is 6.61 Å². The Morgan fingerprint density at radius 2 is 2.07 bits per heavy atom. The number of hydrogen-bond donors (Lipinski definition) is 0. The van der Waals surface area contributed by atoms with Crippen molar-refractivity contribution in [3.8, 4) is 6.07 Å². The monoisotopic (exact) mass is 202 g/mol. The Balaban J connectivity index is 2.21. The maximum Gasteiger partial charge on any atom is 0.253 e. The lowest BCUT2D eigenvalue weighted by Gasteiger charge is -2.26. The summed E-state index contributed by atoms with van der Waals surface area (Å²) in [6, 6.07) is 9.01. The van der Waals surface area contributed by atoms with Gasteiger partial charge in [-0.15, -0.1) is 0 Å². The number of carbonyl (C=O) groups is 1. The Labute approximate surface area is 87.7 Å². The number of amides is 1. The molecule has 4 nitrogen and oxygen atoms in total. The van der Waals surface area contributed by atoms with Gasteiger partial charge in [-0.3, -0.25) is 4.79 Å². The molecule has 1 aliphatic heterocycles. The van der Waals surface area contributed by atoms with Gasteiger partial charge in [-0.05, 0) is 24.3 Å². The Kier molecular flexibility index (Phi) is 2.66. The van der Waals surface area contributed by atoms with Gasteiger partial charge < -0.3 is 9.64 Å². The molecule has 1 amide bonds. The fourth-order valence-electron chi connectivity index (χ4n) is 1.51. The highest BCUT2D eigenvalue weighted by Crippen LogP contribution is 2.16. The molecule has 76 valence electrons. The molecular weight excluding hydrogens is 192 g/mol. The third-order valence-corrected chi connectivity index (χ3v) is 2.29. The Morgan fingerprint density at radius 1 is 1.33 bits per heavy atom. The average molecular weight is 202 g/mol. The summed E-state index contributed by atoms with van der Waals surface area (Å²) in [4.78, 5) is 13.2. The summed E-state index contributed by atoms with van der Waals surface area (Å²) in [5, 5.41) is 8.64. The van der Waals surface area contributed by atoms with Crippen LogP contribution in [0.5, 0.6) is 0 Å². The summed E-state index contributed by atoms with van der Waals surface area (Å²) in [6.45, 7) is 1.27. The minimum absolute atomic E-state index is 0.0362. The number of rotatable bonds is 1. The predicted molar refractivity (Wildman–Crippen MR) is 54.3 cm³/mol. The SMILES string of the molecule is N#Cc1ccc(N2CCOCC2=O)cc1. The quantitative estimate of drug-likeness (QED) is 0.680. The molecule has 0 bridgehead atoms. The smallest absolute Gasteiger partial charge is 0.253 e. The Hall–Kier alpha value is -1.86. The van der Waals surface area contributed by atoms with Crippen molar-refractivity contribution >= 4 is 11.6 Å². The van der Waals surface area contributed by atoms with Gasteiger partial charge >= 0.3 is 0 Å². The fraction of sp³-hybridized carbons (Fsp3) is 0.273. The summed E-state index contributed by atoms with van der Waals surface area (Å²) in [6.07, 6.45) is 0. The highest BCUT2D eigenvalue weighted by Gasteiger charge is 2.19. The number of nitriles is 1. The van der Waals surface area contributed by atoms with E-state index in [1.54, 1.807) is 29.2 Å². The lowest BCUT2D eigenvalue weighted by Crippen LogP contribution is -2.41. The molecule has 0 N–H and O–H groups in total. The van der Waals surface area contributed by atoms with Crippen LogP contribution >= 0.6 is 0 Å². The van der Waals surface area contributed by atoms with Crippen molar-refractivity contribution in [1.29, 1.82) is 5.26 Å². The van der Waals surface area contributed by atoms with Gasteiger partial charge in [0.15, 0.2) is 0 Å². The van der Waals surface area contributed by atoms with Crippen molar-refractivity contribution in [2.75, 3.05) is 24.7 Å². The van der Waals surface area contributed by atoms with E-state index in [4.69, 9.17) is 10.00 Å². The molecule has 15 heavy (non-hydrogen) atoms. The number of hydrogen-bond acceptors (Lipinski definition) is 3. The van der Waals surface area contributed by atoms with Crippen LogP contribution in [0.25, 0.3) is 0 Å². The second kappa shape index (κ2) is 4.11. The topological polar surface area (TPSA) is 53.3 Å². The molecule has 1 aliphatic rings. The first-order valence-corrected chi connectivity index (χ1v) is 4.69. The first-order valence-electron chi connectivity index (χ1n) is 4.69. The maximum absolute atomic E-state index is 11.5. The molecule has 1 aromatic carbocycles. The van der Waals surface area contributed by atoms with Crippen LogP contribution in [-0.4, -0.2) is 25.7 Å². The lowest BCUT2D eigenvalue weighted by molar-refractivity contribution is -0.125. The van der Waals surface area contributed by atoms with Crippen LogP contribution in [0, 0.1) is 11.3 Å². The molecular formula is C11H10N2O2. The third kappa shape index (κ3) is 1.97. The van der Waals surface area contributed by atoms with Crippen LogP contribution in [-0.2, 0) is 9.53 Å². The minimum atomic E-state index is -0.0362. The third-order valence-electron chi connectivity index (χ3n) is 2.29. The summed E-state index contributed by atoms with van der Waals surface area (Å²) in [5.41, 5.74) is 1.42. The zero-order valence-electron chi connectivity index (χ0n) is 8.14. The Morgan fingerprint density at radius 3 is 2.67 bits per heavy atom. The molecule has 0 saturated carbocycles. The van der Waals surface area contributed by atoms with Crippen molar-refractivity contribution < 1.29 is 9.53 Å². The molecule has 1 heterocycles. The van der Waals surface area contributed by atoms with Crippen LogP contribution in [0.2, 0.25) is 0 Å². The fourth-order valence-corrected chi connectivity index (χ4v) is 1.51. The molecule has 1 aromatic rings. The molecule has 0 aromatic heterocycles. The van der Waals surface area contributed by atoms with E-state index in [2.05, 4.69) is 0 Å². The number of nitrogens with zero attached hydrogens (tertiary/aromatic N) is 2. The lowest BCUT2D eigenvalue weighted by atomic mass is 10.2. The van der Waals surface area contributed by atoms with Gasteiger partial charge in [0, 0.05) is 12.2 Å². The second-order valence-corrected chi connectivity index (χ2v) is 3.26. The first kappa shape index (κ1) is 9.69. The Bertz CT molecular complexity index is 406. The summed E-state index contributed by atoms with van der Waals surface area (Å²) >= 11 is 0. The van der Waals surface area contributed by atoms with E-state index in [1.165, 1.54) is 0 Å². The standard InChI is InChI=1S/C11H10N2O2/c12-7-9-1-3-10(4-2-9)13-5-6-15-8-11(13)14/h1-4H,5-6,8H2. The van der Waals surface area contributed by atoms with Gasteiger partial charge in [-0.25, -0.2) is 0 Å². The number of anilines is 1. The van der Waals surface area contributed by atoms with Gasteiger partial charge in [0.2, 0.25) is 0 Å². The zero-order chi connectivity index (χ0) is 10.7. The highest BCUT2D eigenvalue weighted by molar-refractivity contribution is 5.94. The molecule has 0 spiro atoms. The largest absolute Gasteiger partial charge is 0.370 e. The van der Waals surface area contributed by atoms with Crippen LogP contribution in [0.4, 0.5) is 5.69 Å². The zero-order valence-corrected chi connectivity index (χ0v) is 8.14. The molecule has 0 atom stereocenters. The van der Waals surface area contributed by atoms with Gasteiger partial charge in [0.05, 0.1) is 18.2 Å². The average Bonchev–Trinajstić information content (AvgIpc) is 2.30. The second-order valence-electron chi connectivity index (χ2n) is 3.26. The number of benzene rings is 1. The summed E-state index contributed by atoms with van der Waals surface area (Å²) in [5.74, 6) is -0.0362. The van der Waals surface area contributed by atoms with E-state index in [0.29, 0.717) is 18.7 Å². The van der Waals surface area contributed by atoms with E-state index in [9.17, 15) is 4.79 Å². The van der Waals surface area contributed by atoms with E-state index in [0.717, 1.165) is 5.69 Å². The maximum atomic E-state index is 11.5. The van der Waals surface area contributed by atoms with Crippen molar-refractivity contribution in [3.05, 3.63) is 29.8 Å². The van der Waals surface area contributed by atoms with Crippen molar-refractivity contribution in [2.24, 2.45) is 0 Å². The molecule has 4 heteroatoms. The highest BCUT2D eigenvalue weighted by atomic mass is 16.5. The predicted octanol–water partition coefficient (Wildman–Crippen LogP) is 0.921. The van der Waals surface area contributed by atoms with Crippen LogP contribution in [0.1, 0.15) is 5.56 Å². The minimum Gasteiger partial charge on any atom is -0.370 e. The molecule has 1 fully saturated rings. The molecule has 0 radical (unpaired) electrons. The van der Waals surface area contributed by atoms with Crippen molar-refractivity contribution in [1.82, 2.24) is 0 Å². The van der Waals surface area contributed by atoms with Crippen LogP contribution in [0.3, 0.4) is 0 Å². The number of ether oxygens (including phenoxy) is 1. The first-order chi connectivity index (χ1) is 7.31. The van der Waals surface area contributed by atoms with Crippen molar-refractivity contribution in [3.63, 3.8) is 0 Å². The van der Waals surface area contributed by atoms with E-state index in [-0.39, 0.29) is 12.5 Å². The number of morpholine rings is 1. The van der Waals surface area contributed by atoms with E-state index in [1.807, 2.05) is 6.07 Å². The molecule has 0 aliphatic carbocycles. The van der Waals surface area contributed by atoms with Crippen LogP contribution in [0.15, 0.2) is 24.3 Å². The molecule has 1 saturated heterocycles. The summed E-state index contributed by atoms with van der Waals surface area (Å²) < 4.78 is 5.03. The number of carbonyl (C=O) groups excluding carboxylic acids is 1. The van der Waals surface area contributed by atoms with Gasteiger partial charge in [0.25, 0.3) is 5.91 Å². The summed E-state index contributed by atoms with van der Waals surface area (Å²) in [7, 11) is 0. The van der Waals surface area contributed by atoms with E-state index < -0.39 is 0 Å². The normalized spacial score (nSPS) is 16.2. The molecule has 0 unspecified atom stereocenters. The van der Waals surface area contributed by atoms with Gasteiger partial charge in [-0.1, -0.05) is 0 Å². The van der Waals surface area contributed by atoms with Crippen molar-refractivity contribution in [2.45, 2.75) is 0 Å². The molecule has 2 rings (SSSR count). The van der Waals surface area contributed by atoms with Gasteiger partial charge in [-0.2, -0.15) is 5.26 Å².